The van der Waals surface area contributed by atoms with Crippen LogP contribution in [0.4, 0.5) is 5.95 Å². The van der Waals surface area contributed by atoms with Crippen LogP contribution in [-0.4, -0.2) is 65.8 Å². The van der Waals surface area contributed by atoms with Crippen molar-refractivity contribution < 1.29 is 4.79 Å². The number of rotatable bonds is 9. The Labute approximate surface area is 165 Å². The number of benzene rings is 1. The van der Waals surface area contributed by atoms with Gasteiger partial charge in [-0.05, 0) is 31.2 Å². The molecule has 1 N–H and O–H groups in total. The maximum absolute atomic E-state index is 11.9. The van der Waals surface area contributed by atoms with Crippen LogP contribution in [0.2, 0.25) is 0 Å². The minimum Gasteiger partial charge on any atom is -0.356 e. The van der Waals surface area contributed by atoms with E-state index < -0.39 is 0 Å². The molecule has 2 aromatic rings. The van der Waals surface area contributed by atoms with E-state index in [2.05, 4.69) is 37.2 Å². The fraction of sp³-hybridized carbons (Fsp3) is 0.450. The molecule has 0 spiro atoms. The number of nitrogens with one attached hydrogen (secondary N) is 1. The summed E-state index contributed by atoms with van der Waals surface area (Å²) in [4.78, 5) is 26.4. The number of hydrogen-bond donors (Lipinski definition) is 1. The molecule has 3 rings (SSSR count). The summed E-state index contributed by atoms with van der Waals surface area (Å²) in [6.45, 7) is 5.69. The van der Waals surface area contributed by atoms with Gasteiger partial charge in [0.15, 0.2) is 0 Å². The maximum Gasteiger partial charge on any atom is 0.225 e. The SMILES string of the molecule is O=C(CCSc1ccccc1)NCCCN1CCN(c2ncccn2)CC1. The van der Waals surface area contributed by atoms with E-state index in [0.29, 0.717) is 6.42 Å². The smallest absolute Gasteiger partial charge is 0.225 e. The summed E-state index contributed by atoms with van der Waals surface area (Å²) in [6, 6.07) is 12.0. The molecular weight excluding hydrogens is 358 g/mol. The molecule has 1 fully saturated rings. The Bertz CT molecular complexity index is 677. The monoisotopic (exact) mass is 385 g/mol. The van der Waals surface area contributed by atoms with Gasteiger partial charge in [0, 0.05) is 62.2 Å². The van der Waals surface area contributed by atoms with Crippen molar-refractivity contribution in [2.75, 3.05) is 49.9 Å². The van der Waals surface area contributed by atoms with E-state index in [1.165, 1.54) is 4.90 Å². The van der Waals surface area contributed by atoms with Crippen molar-refractivity contribution in [3.8, 4) is 0 Å². The summed E-state index contributed by atoms with van der Waals surface area (Å²) in [5.41, 5.74) is 0. The molecule has 6 nitrogen and oxygen atoms in total. The molecule has 0 unspecified atom stereocenters. The Morgan fingerprint density at radius 1 is 1.04 bits per heavy atom. The third kappa shape index (κ3) is 6.84. The van der Waals surface area contributed by atoms with E-state index in [-0.39, 0.29) is 5.91 Å². The van der Waals surface area contributed by atoms with E-state index in [0.717, 1.165) is 57.4 Å². The van der Waals surface area contributed by atoms with Gasteiger partial charge in [-0.15, -0.1) is 11.8 Å². The van der Waals surface area contributed by atoms with Gasteiger partial charge in [0.25, 0.3) is 0 Å². The van der Waals surface area contributed by atoms with Gasteiger partial charge in [-0.2, -0.15) is 0 Å². The quantitative estimate of drug-likeness (QED) is 0.528. The summed E-state index contributed by atoms with van der Waals surface area (Å²) in [5.74, 6) is 1.78. The molecule has 1 amide bonds. The van der Waals surface area contributed by atoms with Gasteiger partial charge in [0.2, 0.25) is 11.9 Å². The topological polar surface area (TPSA) is 61.4 Å². The first-order chi connectivity index (χ1) is 13.3. The van der Waals surface area contributed by atoms with Crippen LogP contribution in [0.3, 0.4) is 0 Å². The minimum atomic E-state index is 0.143. The number of aromatic nitrogens is 2. The minimum absolute atomic E-state index is 0.143. The molecule has 144 valence electrons. The molecule has 7 heteroatoms. The van der Waals surface area contributed by atoms with Crippen LogP contribution in [0.5, 0.6) is 0 Å². The van der Waals surface area contributed by atoms with E-state index in [1.54, 1.807) is 24.2 Å². The van der Waals surface area contributed by atoms with Crippen molar-refractivity contribution in [1.82, 2.24) is 20.2 Å². The highest BCUT2D eigenvalue weighted by molar-refractivity contribution is 7.99. The van der Waals surface area contributed by atoms with E-state index in [9.17, 15) is 4.79 Å². The second kappa shape index (κ2) is 10.9. The van der Waals surface area contributed by atoms with Gasteiger partial charge in [0.1, 0.15) is 0 Å². The molecular formula is C20H27N5OS. The lowest BCUT2D eigenvalue weighted by molar-refractivity contribution is -0.120. The normalized spacial score (nSPS) is 14.9. The molecule has 27 heavy (non-hydrogen) atoms. The van der Waals surface area contributed by atoms with Crippen LogP contribution in [0.25, 0.3) is 0 Å². The van der Waals surface area contributed by atoms with Crippen LogP contribution < -0.4 is 10.2 Å². The fourth-order valence-electron chi connectivity index (χ4n) is 3.02. The van der Waals surface area contributed by atoms with Crippen molar-refractivity contribution in [3.63, 3.8) is 0 Å². The molecule has 1 aromatic carbocycles. The van der Waals surface area contributed by atoms with Crippen LogP contribution in [0.1, 0.15) is 12.8 Å². The first-order valence-corrected chi connectivity index (χ1v) is 10.5. The van der Waals surface area contributed by atoms with Gasteiger partial charge in [-0.1, -0.05) is 18.2 Å². The molecule has 0 atom stereocenters. The van der Waals surface area contributed by atoms with Gasteiger partial charge in [-0.3, -0.25) is 9.69 Å². The lowest BCUT2D eigenvalue weighted by Crippen LogP contribution is -2.47. The Hall–Kier alpha value is -2.12. The number of carbonyl (C=O) groups is 1. The Morgan fingerprint density at radius 3 is 2.52 bits per heavy atom. The van der Waals surface area contributed by atoms with Crippen LogP contribution in [0.15, 0.2) is 53.7 Å². The van der Waals surface area contributed by atoms with Crippen molar-refractivity contribution in [1.29, 1.82) is 0 Å². The van der Waals surface area contributed by atoms with Gasteiger partial charge < -0.3 is 10.2 Å². The van der Waals surface area contributed by atoms with Crippen molar-refractivity contribution in [3.05, 3.63) is 48.8 Å². The Kier molecular flexibility index (Phi) is 7.92. The molecule has 0 saturated carbocycles. The first-order valence-electron chi connectivity index (χ1n) is 9.50. The number of nitrogens with zero attached hydrogens (tertiary/aromatic N) is 4. The maximum atomic E-state index is 11.9. The molecule has 0 aliphatic carbocycles. The van der Waals surface area contributed by atoms with E-state index >= 15 is 0 Å². The molecule has 0 radical (unpaired) electrons. The second-order valence-corrected chi connectivity index (χ2v) is 7.66. The standard InChI is InChI=1S/C20H27N5OS/c26-19(8-17-27-18-6-2-1-3-7-18)21-11-5-12-24-13-15-25(16-14-24)20-22-9-4-10-23-20/h1-4,6-7,9-10H,5,8,11-17H2,(H,21,26). The highest BCUT2D eigenvalue weighted by Gasteiger charge is 2.18. The van der Waals surface area contributed by atoms with Gasteiger partial charge in [-0.25, -0.2) is 9.97 Å². The second-order valence-electron chi connectivity index (χ2n) is 6.49. The summed E-state index contributed by atoms with van der Waals surface area (Å²) >= 11 is 1.73. The number of thioether (sulfide) groups is 1. The predicted octanol–water partition coefficient (Wildman–Crippen LogP) is 2.29. The molecule has 0 bridgehead atoms. The highest BCUT2D eigenvalue weighted by Crippen LogP contribution is 2.17. The van der Waals surface area contributed by atoms with Crippen molar-refractivity contribution >= 4 is 23.6 Å². The van der Waals surface area contributed by atoms with Crippen LogP contribution >= 0.6 is 11.8 Å². The highest BCUT2D eigenvalue weighted by atomic mass is 32.2. The van der Waals surface area contributed by atoms with Gasteiger partial charge >= 0.3 is 0 Å². The average molecular weight is 386 g/mol. The largest absolute Gasteiger partial charge is 0.356 e. The Balaban J connectivity index is 1.23. The van der Waals surface area contributed by atoms with E-state index in [1.807, 2.05) is 24.3 Å². The first kappa shape index (κ1) is 19.6. The molecule has 2 heterocycles. The summed E-state index contributed by atoms with van der Waals surface area (Å²) in [5, 5.41) is 3.03. The van der Waals surface area contributed by atoms with Crippen molar-refractivity contribution in [2.24, 2.45) is 0 Å². The number of amides is 1. The lowest BCUT2D eigenvalue weighted by Gasteiger charge is -2.34. The fourth-order valence-corrected chi connectivity index (χ4v) is 3.90. The molecule has 1 aromatic heterocycles. The third-order valence-electron chi connectivity index (χ3n) is 4.52. The zero-order valence-electron chi connectivity index (χ0n) is 15.6. The molecule has 1 aliphatic heterocycles. The van der Waals surface area contributed by atoms with Gasteiger partial charge in [0.05, 0.1) is 0 Å². The lowest BCUT2D eigenvalue weighted by atomic mass is 10.3. The summed E-state index contributed by atoms with van der Waals surface area (Å²) in [6.07, 6.45) is 5.13. The molecule has 1 saturated heterocycles. The molecule has 1 aliphatic rings. The Morgan fingerprint density at radius 2 is 1.78 bits per heavy atom. The predicted molar refractivity (Wildman–Crippen MR) is 110 cm³/mol. The van der Waals surface area contributed by atoms with Crippen LogP contribution in [-0.2, 0) is 4.79 Å². The zero-order valence-corrected chi connectivity index (χ0v) is 16.4. The third-order valence-corrected chi connectivity index (χ3v) is 5.54. The number of carbonyl (C=O) groups excluding carboxylic acids is 1. The van der Waals surface area contributed by atoms with E-state index in [4.69, 9.17) is 0 Å². The number of piperazine rings is 1. The number of hydrogen-bond acceptors (Lipinski definition) is 6. The average Bonchev–Trinajstić information content (AvgIpc) is 2.73. The number of anilines is 1. The summed E-state index contributed by atoms with van der Waals surface area (Å²) in [7, 11) is 0. The zero-order chi connectivity index (χ0) is 18.7. The van der Waals surface area contributed by atoms with Crippen LogP contribution in [0, 0.1) is 0 Å². The van der Waals surface area contributed by atoms with Crippen molar-refractivity contribution in [2.45, 2.75) is 17.7 Å². The summed E-state index contributed by atoms with van der Waals surface area (Å²) < 4.78 is 0.